The standard InChI is InChI=1S/C14H21N3O/c1-10(9-15)5-6-17-13-4-3-12(16-2)7-11(13)8-14(17)18/h3-4,7,10,16H,5-6,8-9,15H2,1-2H3. The van der Waals surface area contributed by atoms with Crippen molar-refractivity contribution in [1.82, 2.24) is 0 Å². The number of nitrogens with two attached hydrogens (primary N) is 1. The zero-order chi connectivity index (χ0) is 13.1. The van der Waals surface area contributed by atoms with Crippen molar-refractivity contribution in [3.63, 3.8) is 0 Å². The average molecular weight is 247 g/mol. The van der Waals surface area contributed by atoms with Gasteiger partial charge in [0.1, 0.15) is 0 Å². The third kappa shape index (κ3) is 2.48. The fourth-order valence-electron chi connectivity index (χ4n) is 2.25. The normalized spacial score (nSPS) is 15.7. The highest BCUT2D eigenvalue weighted by Crippen LogP contribution is 2.31. The lowest BCUT2D eigenvalue weighted by Gasteiger charge is -2.19. The number of carbonyl (C=O) groups excluding carboxylic acids is 1. The van der Waals surface area contributed by atoms with E-state index in [1.165, 1.54) is 0 Å². The van der Waals surface area contributed by atoms with Crippen molar-refractivity contribution in [3.05, 3.63) is 23.8 Å². The average Bonchev–Trinajstić information content (AvgIpc) is 2.70. The van der Waals surface area contributed by atoms with Gasteiger partial charge in [0.25, 0.3) is 0 Å². The van der Waals surface area contributed by atoms with Gasteiger partial charge in [0.2, 0.25) is 5.91 Å². The van der Waals surface area contributed by atoms with E-state index in [4.69, 9.17) is 5.73 Å². The molecular weight excluding hydrogens is 226 g/mol. The molecular formula is C14H21N3O. The van der Waals surface area contributed by atoms with Gasteiger partial charge in [0, 0.05) is 25.0 Å². The maximum atomic E-state index is 12.0. The predicted octanol–water partition coefficient (Wildman–Crippen LogP) is 1.60. The van der Waals surface area contributed by atoms with Crippen LogP contribution in [0.3, 0.4) is 0 Å². The van der Waals surface area contributed by atoms with Crippen molar-refractivity contribution in [2.75, 3.05) is 30.4 Å². The topological polar surface area (TPSA) is 58.4 Å². The minimum absolute atomic E-state index is 0.197. The highest BCUT2D eigenvalue weighted by atomic mass is 16.2. The SMILES string of the molecule is CNc1ccc2c(c1)CC(=O)N2CCC(C)CN. The number of amides is 1. The molecule has 4 nitrogen and oxygen atoms in total. The van der Waals surface area contributed by atoms with E-state index in [2.05, 4.69) is 18.3 Å². The first-order valence-corrected chi connectivity index (χ1v) is 6.46. The summed E-state index contributed by atoms with van der Waals surface area (Å²) in [5.41, 5.74) is 8.84. The number of benzene rings is 1. The molecule has 1 aromatic rings. The molecule has 18 heavy (non-hydrogen) atoms. The molecule has 1 amide bonds. The van der Waals surface area contributed by atoms with Crippen LogP contribution in [0, 0.1) is 5.92 Å². The van der Waals surface area contributed by atoms with Crippen LogP contribution in [0.4, 0.5) is 11.4 Å². The Morgan fingerprint density at radius 3 is 2.94 bits per heavy atom. The maximum Gasteiger partial charge on any atom is 0.231 e. The molecule has 0 bridgehead atoms. The zero-order valence-corrected chi connectivity index (χ0v) is 11.1. The molecule has 0 radical (unpaired) electrons. The molecule has 0 spiro atoms. The highest BCUT2D eigenvalue weighted by molar-refractivity contribution is 6.01. The quantitative estimate of drug-likeness (QED) is 0.831. The molecule has 0 saturated heterocycles. The Kier molecular flexibility index (Phi) is 3.87. The number of hydrogen-bond donors (Lipinski definition) is 2. The molecule has 0 aromatic heterocycles. The van der Waals surface area contributed by atoms with Crippen LogP contribution in [0.5, 0.6) is 0 Å². The van der Waals surface area contributed by atoms with Crippen LogP contribution in [0.2, 0.25) is 0 Å². The Bertz CT molecular complexity index is 445. The summed E-state index contributed by atoms with van der Waals surface area (Å²) in [6, 6.07) is 6.09. The Balaban J connectivity index is 2.13. The second-order valence-electron chi connectivity index (χ2n) is 4.95. The van der Waals surface area contributed by atoms with E-state index in [0.717, 1.165) is 29.9 Å². The van der Waals surface area contributed by atoms with Gasteiger partial charge in [-0.25, -0.2) is 0 Å². The van der Waals surface area contributed by atoms with E-state index in [-0.39, 0.29) is 5.91 Å². The third-order valence-corrected chi connectivity index (χ3v) is 3.55. The summed E-state index contributed by atoms with van der Waals surface area (Å²) < 4.78 is 0. The lowest BCUT2D eigenvalue weighted by molar-refractivity contribution is -0.117. The number of rotatable bonds is 5. The fourth-order valence-corrected chi connectivity index (χ4v) is 2.25. The van der Waals surface area contributed by atoms with Crippen LogP contribution in [0.15, 0.2) is 18.2 Å². The molecule has 1 unspecified atom stereocenters. The lowest BCUT2D eigenvalue weighted by atomic mass is 10.1. The summed E-state index contributed by atoms with van der Waals surface area (Å²) in [5, 5.41) is 3.10. The van der Waals surface area contributed by atoms with Gasteiger partial charge >= 0.3 is 0 Å². The second-order valence-corrected chi connectivity index (χ2v) is 4.95. The Labute approximate surface area is 108 Å². The fraction of sp³-hybridized carbons (Fsp3) is 0.500. The Morgan fingerprint density at radius 2 is 2.28 bits per heavy atom. The first kappa shape index (κ1) is 12.9. The van der Waals surface area contributed by atoms with Crippen molar-refractivity contribution in [2.24, 2.45) is 11.7 Å². The number of nitrogens with zero attached hydrogens (tertiary/aromatic N) is 1. The molecule has 1 aliphatic heterocycles. The summed E-state index contributed by atoms with van der Waals surface area (Å²) in [5.74, 6) is 0.654. The zero-order valence-electron chi connectivity index (χ0n) is 11.1. The van der Waals surface area contributed by atoms with Crippen LogP contribution in [-0.2, 0) is 11.2 Å². The van der Waals surface area contributed by atoms with Gasteiger partial charge in [-0.1, -0.05) is 6.92 Å². The monoisotopic (exact) mass is 247 g/mol. The van der Waals surface area contributed by atoms with E-state index < -0.39 is 0 Å². The van der Waals surface area contributed by atoms with Crippen molar-refractivity contribution in [2.45, 2.75) is 19.8 Å². The van der Waals surface area contributed by atoms with Gasteiger partial charge in [-0.15, -0.1) is 0 Å². The predicted molar refractivity (Wildman–Crippen MR) is 74.9 cm³/mol. The molecule has 4 heteroatoms. The van der Waals surface area contributed by atoms with Crippen molar-refractivity contribution in [3.8, 4) is 0 Å². The number of fused-ring (bicyclic) bond motifs is 1. The van der Waals surface area contributed by atoms with Crippen LogP contribution in [0.1, 0.15) is 18.9 Å². The molecule has 2 rings (SSSR count). The third-order valence-electron chi connectivity index (χ3n) is 3.55. The minimum atomic E-state index is 0.197. The highest BCUT2D eigenvalue weighted by Gasteiger charge is 2.27. The van der Waals surface area contributed by atoms with E-state index in [1.54, 1.807) is 0 Å². The summed E-state index contributed by atoms with van der Waals surface area (Å²) in [7, 11) is 1.89. The Hall–Kier alpha value is -1.55. The van der Waals surface area contributed by atoms with Crippen LogP contribution in [0.25, 0.3) is 0 Å². The largest absolute Gasteiger partial charge is 0.388 e. The van der Waals surface area contributed by atoms with Crippen molar-refractivity contribution in [1.29, 1.82) is 0 Å². The van der Waals surface area contributed by atoms with Crippen molar-refractivity contribution < 1.29 is 4.79 Å². The van der Waals surface area contributed by atoms with Gasteiger partial charge in [0.15, 0.2) is 0 Å². The molecule has 3 N–H and O–H groups in total. The molecule has 1 aliphatic rings. The number of carbonyl (C=O) groups is 1. The minimum Gasteiger partial charge on any atom is -0.388 e. The molecule has 0 aliphatic carbocycles. The number of nitrogens with one attached hydrogen (secondary N) is 1. The smallest absolute Gasteiger partial charge is 0.231 e. The van der Waals surface area contributed by atoms with Crippen LogP contribution in [-0.4, -0.2) is 26.0 Å². The summed E-state index contributed by atoms with van der Waals surface area (Å²) in [4.78, 5) is 13.9. The van der Waals surface area contributed by atoms with Gasteiger partial charge in [-0.3, -0.25) is 4.79 Å². The van der Waals surface area contributed by atoms with Crippen LogP contribution >= 0.6 is 0 Å². The number of hydrogen-bond acceptors (Lipinski definition) is 3. The van der Waals surface area contributed by atoms with E-state index in [0.29, 0.717) is 18.9 Å². The molecule has 0 saturated carbocycles. The van der Waals surface area contributed by atoms with Gasteiger partial charge in [-0.2, -0.15) is 0 Å². The van der Waals surface area contributed by atoms with Crippen molar-refractivity contribution >= 4 is 17.3 Å². The summed E-state index contributed by atoms with van der Waals surface area (Å²) >= 11 is 0. The van der Waals surface area contributed by atoms with Gasteiger partial charge in [-0.05, 0) is 42.6 Å². The molecule has 1 aromatic carbocycles. The lowest BCUT2D eigenvalue weighted by Crippen LogP contribution is -2.29. The van der Waals surface area contributed by atoms with Gasteiger partial charge < -0.3 is 16.0 Å². The van der Waals surface area contributed by atoms with E-state index in [9.17, 15) is 4.79 Å². The van der Waals surface area contributed by atoms with Gasteiger partial charge in [0.05, 0.1) is 6.42 Å². The van der Waals surface area contributed by atoms with E-state index in [1.807, 2.05) is 24.1 Å². The molecule has 1 atom stereocenters. The number of anilines is 2. The summed E-state index contributed by atoms with van der Waals surface area (Å²) in [6.07, 6.45) is 1.47. The van der Waals surface area contributed by atoms with Crippen LogP contribution < -0.4 is 16.0 Å². The second kappa shape index (κ2) is 5.40. The maximum absolute atomic E-state index is 12.0. The van der Waals surface area contributed by atoms with E-state index >= 15 is 0 Å². The Morgan fingerprint density at radius 1 is 1.50 bits per heavy atom. The molecule has 1 heterocycles. The first-order valence-electron chi connectivity index (χ1n) is 6.46. The first-order chi connectivity index (χ1) is 8.65. The molecule has 0 fully saturated rings. The summed E-state index contributed by atoms with van der Waals surface area (Å²) in [6.45, 7) is 3.56. The molecule has 98 valence electrons.